The number of likely N-dealkylation sites (tertiary alicyclic amines) is 1. The molecule has 29 heavy (non-hydrogen) atoms. The van der Waals surface area contributed by atoms with E-state index in [1.54, 1.807) is 10.4 Å². The predicted octanol–water partition coefficient (Wildman–Crippen LogP) is 1.81. The molecule has 1 saturated carbocycles. The molecule has 1 aliphatic carbocycles. The Bertz CT molecular complexity index is 827. The third kappa shape index (κ3) is 5.00. The smallest absolute Gasteiger partial charge is 0.273 e. The summed E-state index contributed by atoms with van der Waals surface area (Å²) < 4.78 is 32.8. The summed E-state index contributed by atoms with van der Waals surface area (Å²) in [4.78, 5) is 14.7. The zero-order valence-corrected chi connectivity index (χ0v) is 18.2. The van der Waals surface area contributed by atoms with Gasteiger partial charge in [-0.3, -0.25) is 4.79 Å². The SMILES string of the molecule is C[C@@H]1C[C@H](NC(=O)c2cc(C3CC3)on2)CCN1S(=O)(=O)CC1CCN(C)CC1. The Balaban J connectivity index is 1.29. The minimum Gasteiger partial charge on any atom is -0.360 e. The molecule has 0 aromatic carbocycles. The summed E-state index contributed by atoms with van der Waals surface area (Å²) in [6.07, 6.45) is 5.31. The van der Waals surface area contributed by atoms with E-state index in [1.165, 1.54) is 0 Å². The Kier molecular flexibility index (Phi) is 5.99. The first-order valence-corrected chi connectivity index (χ1v) is 12.4. The minimum absolute atomic E-state index is 0.0478. The molecule has 1 aromatic heterocycles. The van der Waals surface area contributed by atoms with Crippen LogP contribution in [0.3, 0.4) is 0 Å². The van der Waals surface area contributed by atoms with Crippen LogP contribution < -0.4 is 5.32 Å². The van der Waals surface area contributed by atoms with E-state index >= 15 is 0 Å². The first-order chi connectivity index (χ1) is 13.8. The van der Waals surface area contributed by atoms with Crippen LogP contribution >= 0.6 is 0 Å². The summed E-state index contributed by atoms with van der Waals surface area (Å²) in [6, 6.07) is 1.57. The first kappa shape index (κ1) is 20.8. The Hall–Kier alpha value is -1.45. The van der Waals surface area contributed by atoms with Gasteiger partial charge in [-0.15, -0.1) is 0 Å². The average molecular weight is 425 g/mol. The molecule has 2 atom stereocenters. The zero-order valence-electron chi connectivity index (χ0n) is 17.3. The van der Waals surface area contributed by atoms with Crippen LogP contribution in [0.2, 0.25) is 0 Å². The molecule has 0 radical (unpaired) electrons. The molecule has 162 valence electrons. The van der Waals surface area contributed by atoms with Crippen LogP contribution in [0.5, 0.6) is 0 Å². The van der Waals surface area contributed by atoms with E-state index in [0.29, 0.717) is 31.0 Å². The standard InChI is InChI=1S/C20H32N4O4S/c1-14-11-17(21-20(25)18-12-19(28-22-18)16-3-4-16)7-10-24(14)29(26,27)13-15-5-8-23(2)9-6-15/h12,14-17H,3-11,13H2,1-2H3,(H,21,25)/t14-,17-/m1/s1. The number of hydrogen-bond acceptors (Lipinski definition) is 6. The lowest BCUT2D eigenvalue weighted by Crippen LogP contribution is -2.52. The van der Waals surface area contributed by atoms with Gasteiger partial charge in [0.15, 0.2) is 5.69 Å². The zero-order chi connectivity index (χ0) is 20.6. The van der Waals surface area contributed by atoms with Crippen LogP contribution in [0.15, 0.2) is 10.6 Å². The molecule has 4 rings (SSSR count). The quantitative estimate of drug-likeness (QED) is 0.748. The fraction of sp³-hybridized carbons (Fsp3) is 0.800. The van der Waals surface area contributed by atoms with Crippen molar-refractivity contribution in [2.24, 2.45) is 5.92 Å². The third-order valence-corrected chi connectivity index (χ3v) is 8.68. The van der Waals surface area contributed by atoms with Gasteiger partial charge in [0, 0.05) is 30.6 Å². The van der Waals surface area contributed by atoms with Gasteiger partial charge in [0.1, 0.15) is 5.76 Å². The van der Waals surface area contributed by atoms with Crippen molar-refractivity contribution in [1.82, 2.24) is 19.7 Å². The second kappa shape index (κ2) is 8.35. The summed E-state index contributed by atoms with van der Waals surface area (Å²) >= 11 is 0. The fourth-order valence-electron chi connectivity index (χ4n) is 4.53. The van der Waals surface area contributed by atoms with E-state index in [0.717, 1.165) is 44.5 Å². The number of carbonyl (C=O) groups excluding carboxylic acids is 1. The first-order valence-electron chi connectivity index (χ1n) is 10.8. The molecule has 3 aliphatic rings. The molecule has 1 amide bonds. The van der Waals surface area contributed by atoms with E-state index in [1.807, 2.05) is 6.92 Å². The van der Waals surface area contributed by atoms with Crippen LogP contribution in [0, 0.1) is 5.92 Å². The Morgan fingerprint density at radius 3 is 2.59 bits per heavy atom. The van der Waals surface area contributed by atoms with Crippen molar-refractivity contribution in [3.63, 3.8) is 0 Å². The number of aromatic nitrogens is 1. The van der Waals surface area contributed by atoms with E-state index < -0.39 is 10.0 Å². The Morgan fingerprint density at radius 2 is 1.93 bits per heavy atom. The van der Waals surface area contributed by atoms with Crippen molar-refractivity contribution in [3.05, 3.63) is 17.5 Å². The van der Waals surface area contributed by atoms with Crippen molar-refractivity contribution in [2.75, 3.05) is 32.4 Å². The van der Waals surface area contributed by atoms with Crippen molar-refractivity contribution >= 4 is 15.9 Å². The van der Waals surface area contributed by atoms with Gasteiger partial charge in [-0.1, -0.05) is 5.16 Å². The molecule has 0 unspecified atom stereocenters. The van der Waals surface area contributed by atoms with Crippen molar-refractivity contribution in [3.8, 4) is 0 Å². The summed E-state index contributed by atoms with van der Waals surface area (Å²) in [6.45, 7) is 4.32. The molecular weight excluding hydrogens is 392 g/mol. The monoisotopic (exact) mass is 424 g/mol. The number of rotatable bonds is 6. The molecule has 2 aliphatic heterocycles. The molecule has 0 spiro atoms. The van der Waals surface area contributed by atoms with Gasteiger partial charge in [0.25, 0.3) is 5.91 Å². The van der Waals surface area contributed by atoms with Crippen LogP contribution in [0.1, 0.15) is 67.6 Å². The second-order valence-corrected chi connectivity index (χ2v) is 11.0. The predicted molar refractivity (Wildman–Crippen MR) is 109 cm³/mol. The highest BCUT2D eigenvalue weighted by Gasteiger charge is 2.36. The topological polar surface area (TPSA) is 95.7 Å². The van der Waals surface area contributed by atoms with Gasteiger partial charge < -0.3 is 14.7 Å². The number of sulfonamides is 1. The fourth-order valence-corrected chi connectivity index (χ4v) is 6.67. The van der Waals surface area contributed by atoms with Crippen LogP contribution in [-0.4, -0.2) is 73.2 Å². The van der Waals surface area contributed by atoms with Crippen molar-refractivity contribution < 1.29 is 17.7 Å². The minimum atomic E-state index is -3.28. The molecule has 2 saturated heterocycles. The highest BCUT2D eigenvalue weighted by atomic mass is 32.2. The van der Waals surface area contributed by atoms with Crippen LogP contribution in [0.4, 0.5) is 0 Å². The highest BCUT2D eigenvalue weighted by molar-refractivity contribution is 7.89. The number of amides is 1. The lowest BCUT2D eigenvalue weighted by atomic mass is 10.00. The number of carbonyl (C=O) groups is 1. The van der Waals surface area contributed by atoms with Crippen LogP contribution in [-0.2, 0) is 10.0 Å². The largest absolute Gasteiger partial charge is 0.360 e. The number of nitrogens with zero attached hydrogens (tertiary/aromatic N) is 3. The molecule has 3 heterocycles. The van der Waals surface area contributed by atoms with Gasteiger partial charge in [-0.25, -0.2) is 8.42 Å². The molecule has 3 fully saturated rings. The molecule has 0 bridgehead atoms. The van der Waals surface area contributed by atoms with Gasteiger partial charge >= 0.3 is 0 Å². The van der Waals surface area contributed by atoms with Crippen molar-refractivity contribution in [2.45, 2.75) is 63.5 Å². The maximum atomic E-state index is 13.0. The maximum absolute atomic E-state index is 13.0. The molecule has 1 N–H and O–H groups in total. The Morgan fingerprint density at radius 1 is 1.21 bits per heavy atom. The van der Waals surface area contributed by atoms with Gasteiger partial charge in [0.2, 0.25) is 10.0 Å². The van der Waals surface area contributed by atoms with Gasteiger partial charge in [-0.2, -0.15) is 4.31 Å². The molecular formula is C20H32N4O4S. The second-order valence-electron chi connectivity index (χ2n) is 9.07. The van der Waals surface area contributed by atoms with Gasteiger partial charge in [-0.05, 0) is 71.5 Å². The summed E-state index contributed by atoms with van der Waals surface area (Å²) in [7, 11) is -1.20. The third-order valence-electron chi connectivity index (χ3n) is 6.53. The maximum Gasteiger partial charge on any atom is 0.273 e. The number of hydrogen-bond donors (Lipinski definition) is 1. The average Bonchev–Trinajstić information content (AvgIpc) is 3.40. The molecule has 9 heteroatoms. The highest BCUT2D eigenvalue weighted by Crippen LogP contribution is 2.40. The molecule has 8 nitrogen and oxygen atoms in total. The lowest BCUT2D eigenvalue weighted by Gasteiger charge is -2.38. The molecule has 1 aromatic rings. The van der Waals surface area contributed by atoms with Crippen molar-refractivity contribution in [1.29, 1.82) is 0 Å². The number of piperidine rings is 2. The van der Waals surface area contributed by atoms with E-state index in [9.17, 15) is 13.2 Å². The van der Waals surface area contributed by atoms with E-state index in [-0.39, 0.29) is 29.7 Å². The van der Waals surface area contributed by atoms with Crippen LogP contribution in [0.25, 0.3) is 0 Å². The van der Waals surface area contributed by atoms with Gasteiger partial charge in [0.05, 0.1) is 5.75 Å². The number of nitrogens with one attached hydrogen (secondary N) is 1. The summed E-state index contributed by atoms with van der Waals surface area (Å²) in [5.41, 5.74) is 0.317. The summed E-state index contributed by atoms with van der Waals surface area (Å²) in [5, 5.41) is 6.90. The normalized spacial score (nSPS) is 27.8. The summed E-state index contributed by atoms with van der Waals surface area (Å²) in [5.74, 6) is 1.46. The van der Waals surface area contributed by atoms with E-state index in [2.05, 4.69) is 22.4 Å². The van der Waals surface area contributed by atoms with E-state index in [4.69, 9.17) is 4.52 Å². The lowest BCUT2D eigenvalue weighted by molar-refractivity contribution is 0.0905. The Labute approximate surface area is 173 Å².